The maximum atomic E-state index is 11.7. The van der Waals surface area contributed by atoms with E-state index in [0.717, 1.165) is 19.3 Å². The SMILES string of the molecule is O=C(COC(=O)CCC1CCCC1)Nc1ccccc1[N+](=O)[O-]. The second-order valence-corrected chi connectivity index (χ2v) is 5.67. The second kappa shape index (κ2) is 8.26. The summed E-state index contributed by atoms with van der Waals surface area (Å²) in [7, 11) is 0. The first-order valence-electron chi connectivity index (χ1n) is 7.75. The molecule has 1 aromatic rings. The lowest BCUT2D eigenvalue weighted by Crippen LogP contribution is -2.21. The molecule has 0 radical (unpaired) electrons. The lowest BCUT2D eigenvalue weighted by atomic mass is 10.0. The molecule has 0 bridgehead atoms. The van der Waals surface area contributed by atoms with Crippen LogP contribution in [0.5, 0.6) is 0 Å². The number of rotatable bonds is 7. The Bertz CT molecular complexity index is 582. The predicted octanol–water partition coefficient (Wildman–Crippen LogP) is 3.05. The van der Waals surface area contributed by atoms with E-state index in [1.807, 2.05) is 0 Å². The lowest BCUT2D eigenvalue weighted by molar-refractivity contribution is -0.383. The Balaban J connectivity index is 1.74. The highest BCUT2D eigenvalue weighted by Crippen LogP contribution is 2.28. The van der Waals surface area contributed by atoms with Gasteiger partial charge >= 0.3 is 5.97 Å². The van der Waals surface area contributed by atoms with Crippen LogP contribution in [0.3, 0.4) is 0 Å². The van der Waals surface area contributed by atoms with Gasteiger partial charge in [-0.1, -0.05) is 37.8 Å². The topological polar surface area (TPSA) is 98.5 Å². The Kier molecular flexibility index (Phi) is 6.08. The van der Waals surface area contributed by atoms with Crippen molar-refractivity contribution >= 4 is 23.3 Å². The van der Waals surface area contributed by atoms with Crippen LogP contribution in [0.15, 0.2) is 24.3 Å². The fourth-order valence-corrected chi connectivity index (χ4v) is 2.76. The van der Waals surface area contributed by atoms with Crippen LogP contribution in [0.4, 0.5) is 11.4 Å². The summed E-state index contributed by atoms with van der Waals surface area (Å²) in [5.41, 5.74) is -0.113. The number of nitrogens with one attached hydrogen (secondary N) is 1. The third-order valence-electron chi connectivity index (χ3n) is 3.97. The highest BCUT2D eigenvalue weighted by Gasteiger charge is 2.18. The molecule has 23 heavy (non-hydrogen) atoms. The van der Waals surface area contributed by atoms with Gasteiger partial charge in [-0.2, -0.15) is 0 Å². The smallest absolute Gasteiger partial charge is 0.306 e. The van der Waals surface area contributed by atoms with E-state index in [9.17, 15) is 19.7 Å². The fraction of sp³-hybridized carbons (Fsp3) is 0.500. The molecule has 1 aromatic carbocycles. The number of para-hydroxylation sites is 2. The first kappa shape index (κ1) is 16.9. The minimum absolute atomic E-state index is 0.0875. The Hall–Kier alpha value is -2.44. The van der Waals surface area contributed by atoms with Gasteiger partial charge < -0.3 is 10.1 Å². The summed E-state index contributed by atoms with van der Waals surface area (Å²) >= 11 is 0. The van der Waals surface area contributed by atoms with Crippen molar-refractivity contribution in [2.24, 2.45) is 5.92 Å². The Morgan fingerprint density at radius 3 is 2.65 bits per heavy atom. The van der Waals surface area contributed by atoms with Gasteiger partial charge in [-0.3, -0.25) is 19.7 Å². The summed E-state index contributed by atoms with van der Waals surface area (Å²) in [5, 5.41) is 13.2. The Morgan fingerprint density at radius 2 is 1.96 bits per heavy atom. The summed E-state index contributed by atoms with van der Waals surface area (Å²) in [6.07, 6.45) is 5.86. The van der Waals surface area contributed by atoms with E-state index in [0.29, 0.717) is 12.3 Å². The molecule has 1 saturated carbocycles. The molecule has 1 amide bonds. The van der Waals surface area contributed by atoms with E-state index >= 15 is 0 Å². The van der Waals surface area contributed by atoms with Crippen LogP contribution >= 0.6 is 0 Å². The number of carbonyl (C=O) groups excluding carboxylic acids is 2. The van der Waals surface area contributed by atoms with Gasteiger partial charge in [0.25, 0.3) is 11.6 Å². The van der Waals surface area contributed by atoms with Gasteiger partial charge in [0.15, 0.2) is 6.61 Å². The first-order valence-corrected chi connectivity index (χ1v) is 7.75. The lowest BCUT2D eigenvalue weighted by Gasteiger charge is -2.09. The number of nitro groups is 1. The van der Waals surface area contributed by atoms with E-state index < -0.39 is 23.4 Å². The summed E-state index contributed by atoms with van der Waals surface area (Å²) < 4.78 is 4.92. The molecule has 1 aliphatic carbocycles. The van der Waals surface area contributed by atoms with Crippen molar-refractivity contribution in [3.05, 3.63) is 34.4 Å². The molecular weight excluding hydrogens is 300 g/mol. The average Bonchev–Trinajstić information content (AvgIpc) is 3.04. The molecule has 1 fully saturated rings. The van der Waals surface area contributed by atoms with Crippen LogP contribution in [0.25, 0.3) is 0 Å². The van der Waals surface area contributed by atoms with E-state index in [4.69, 9.17) is 4.74 Å². The van der Waals surface area contributed by atoms with Gasteiger partial charge in [0, 0.05) is 12.5 Å². The van der Waals surface area contributed by atoms with Crippen molar-refractivity contribution in [3.8, 4) is 0 Å². The molecule has 1 N–H and O–H groups in total. The first-order chi connectivity index (χ1) is 11.1. The maximum Gasteiger partial charge on any atom is 0.306 e. The normalized spacial score (nSPS) is 14.4. The van der Waals surface area contributed by atoms with Gasteiger partial charge in [-0.15, -0.1) is 0 Å². The number of nitrogens with zero attached hydrogens (tertiary/aromatic N) is 1. The Morgan fingerprint density at radius 1 is 1.26 bits per heavy atom. The van der Waals surface area contributed by atoms with Crippen molar-refractivity contribution < 1.29 is 19.2 Å². The molecule has 0 heterocycles. The van der Waals surface area contributed by atoms with Gasteiger partial charge in [0.1, 0.15) is 5.69 Å². The van der Waals surface area contributed by atoms with Crippen molar-refractivity contribution in [2.75, 3.05) is 11.9 Å². The third kappa shape index (κ3) is 5.36. The highest BCUT2D eigenvalue weighted by molar-refractivity contribution is 5.94. The number of esters is 1. The maximum absolute atomic E-state index is 11.7. The molecule has 1 aliphatic rings. The van der Waals surface area contributed by atoms with Crippen LogP contribution in [0.2, 0.25) is 0 Å². The Labute approximate surface area is 134 Å². The number of nitro benzene ring substituents is 1. The fourth-order valence-electron chi connectivity index (χ4n) is 2.76. The van der Waals surface area contributed by atoms with E-state index in [1.54, 1.807) is 6.07 Å². The summed E-state index contributed by atoms with van der Waals surface area (Å²) in [6, 6.07) is 5.81. The quantitative estimate of drug-likeness (QED) is 0.473. The number of benzene rings is 1. The van der Waals surface area contributed by atoms with Crippen molar-refractivity contribution in [2.45, 2.75) is 38.5 Å². The minimum Gasteiger partial charge on any atom is -0.456 e. The molecule has 0 spiro atoms. The molecule has 0 saturated heterocycles. The second-order valence-electron chi connectivity index (χ2n) is 5.67. The van der Waals surface area contributed by atoms with E-state index in [1.165, 1.54) is 31.0 Å². The average molecular weight is 320 g/mol. The standard InChI is InChI=1S/C16H20N2O5/c19-15(17-13-7-3-4-8-14(13)18(21)22)11-23-16(20)10-9-12-5-1-2-6-12/h3-4,7-8,12H,1-2,5-6,9-11H2,(H,17,19). The number of ether oxygens (including phenoxy) is 1. The monoisotopic (exact) mass is 320 g/mol. The van der Waals surface area contributed by atoms with E-state index in [2.05, 4.69) is 5.32 Å². The minimum atomic E-state index is -0.589. The summed E-state index contributed by atoms with van der Waals surface area (Å²) in [6.45, 7) is -0.435. The number of hydrogen-bond acceptors (Lipinski definition) is 5. The molecule has 0 unspecified atom stereocenters. The van der Waals surface area contributed by atoms with Gasteiger partial charge in [-0.25, -0.2) is 0 Å². The van der Waals surface area contributed by atoms with Crippen molar-refractivity contribution in [1.82, 2.24) is 0 Å². The van der Waals surface area contributed by atoms with Crippen LogP contribution in [0.1, 0.15) is 38.5 Å². The molecule has 124 valence electrons. The van der Waals surface area contributed by atoms with Gasteiger partial charge in [-0.05, 0) is 18.4 Å². The summed E-state index contributed by atoms with van der Waals surface area (Å²) in [5.74, 6) is -0.411. The van der Waals surface area contributed by atoms with Crippen LogP contribution in [-0.4, -0.2) is 23.4 Å². The number of anilines is 1. The molecular formula is C16H20N2O5. The number of amides is 1. The molecule has 0 aliphatic heterocycles. The van der Waals surface area contributed by atoms with Crippen molar-refractivity contribution in [3.63, 3.8) is 0 Å². The van der Waals surface area contributed by atoms with Gasteiger partial charge in [0.2, 0.25) is 0 Å². The number of hydrogen-bond donors (Lipinski definition) is 1. The van der Waals surface area contributed by atoms with E-state index in [-0.39, 0.29) is 11.4 Å². The predicted molar refractivity (Wildman–Crippen MR) is 83.9 cm³/mol. The van der Waals surface area contributed by atoms with Gasteiger partial charge in [0.05, 0.1) is 4.92 Å². The summed E-state index contributed by atoms with van der Waals surface area (Å²) in [4.78, 5) is 33.6. The van der Waals surface area contributed by atoms with Crippen LogP contribution in [-0.2, 0) is 14.3 Å². The molecule has 7 nitrogen and oxygen atoms in total. The molecule has 0 aromatic heterocycles. The third-order valence-corrected chi connectivity index (χ3v) is 3.97. The zero-order valence-electron chi connectivity index (χ0n) is 12.8. The highest BCUT2D eigenvalue weighted by atomic mass is 16.6. The largest absolute Gasteiger partial charge is 0.456 e. The molecule has 7 heteroatoms. The van der Waals surface area contributed by atoms with Crippen molar-refractivity contribution in [1.29, 1.82) is 0 Å². The molecule has 2 rings (SSSR count). The van der Waals surface area contributed by atoms with Crippen LogP contribution < -0.4 is 5.32 Å². The van der Waals surface area contributed by atoms with Crippen LogP contribution in [0, 0.1) is 16.0 Å². The number of carbonyl (C=O) groups is 2. The zero-order chi connectivity index (χ0) is 16.7. The zero-order valence-corrected chi connectivity index (χ0v) is 12.8. The molecule has 0 atom stereocenters.